The van der Waals surface area contributed by atoms with Gasteiger partial charge in [-0.1, -0.05) is 13.8 Å². The molecular formula is C9H15NO3. The zero-order chi connectivity index (χ0) is 10.0. The summed E-state index contributed by atoms with van der Waals surface area (Å²) in [6.45, 7) is 5.77. The fraction of sp³-hybridized carbons (Fsp3) is 0.778. The van der Waals surface area contributed by atoms with E-state index in [0.29, 0.717) is 6.61 Å². The van der Waals surface area contributed by atoms with Gasteiger partial charge < -0.3 is 10.1 Å². The number of epoxide rings is 1. The smallest absolute Gasteiger partial charge is 0.223 e. The molecule has 0 radical (unpaired) electrons. The lowest BCUT2D eigenvalue weighted by molar-refractivity contribution is -0.129. The van der Waals surface area contributed by atoms with Crippen molar-refractivity contribution in [2.24, 2.45) is 5.92 Å². The summed E-state index contributed by atoms with van der Waals surface area (Å²) in [7, 11) is 0. The van der Waals surface area contributed by atoms with Gasteiger partial charge in [0.1, 0.15) is 6.10 Å². The Morgan fingerprint density at radius 2 is 1.92 bits per heavy atom. The van der Waals surface area contributed by atoms with Gasteiger partial charge in [-0.15, -0.1) is 0 Å². The third kappa shape index (κ3) is 2.81. The van der Waals surface area contributed by atoms with Gasteiger partial charge in [-0.2, -0.15) is 0 Å². The molecule has 0 aliphatic carbocycles. The van der Waals surface area contributed by atoms with Crippen LogP contribution < -0.4 is 5.32 Å². The molecule has 1 amide bonds. The first-order chi connectivity index (χ1) is 6.02. The van der Waals surface area contributed by atoms with Crippen molar-refractivity contribution in [3.8, 4) is 0 Å². The predicted octanol–water partition coefficient (Wildman–Crippen LogP) is 0.115. The Balaban J connectivity index is 2.35. The summed E-state index contributed by atoms with van der Waals surface area (Å²) in [5.41, 5.74) is 0. The molecular weight excluding hydrogens is 170 g/mol. The fourth-order valence-corrected chi connectivity index (χ4v) is 0.942. The molecule has 4 nitrogen and oxygen atoms in total. The normalized spacial score (nSPS) is 22.6. The number of ether oxygens (including phenoxy) is 1. The Hall–Kier alpha value is -0.900. The first kappa shape index (κ1) is 10.2. The molecule has 1 aliphatic heterocycles. The van der Waals surface area contributed by atoms with E-state index < -0.39 is 6.04 Å². The number of rotatable bonds is 4. The van der Waals surface area contributed by atoms with Crippen LogP contribution in [-0.2, 0) is 14.3 Å². The Bertz CT molecular complexity index is 221. The molecule has 1 fully saturated rings. The highest BCUT2D eigenvalue weighted by atomic mass is 16.6. The lowest BCUT2D eigenvalue weighted by atomic mass is 10.1. The van der Waals surface area contributed by atoms with E-state index in [2.05, 4.69) is 5.32 Å². The second-order valence-corrected chi connectivity index (χ2v) is 3.61. The Morgan fingerprint density at radius 3 is 2.31 bits per heavy atom. The van der Waals surface area contributed by atoms with Gasteiger partial charge in [-0.25, -0.2) is 0 Å². The maximum atomic E-state index is 11.3. The standard InChI is InChI=1S/C9H15NO3/c1-5(2)9(12)10-6(3)8(11)7-4-13-7/h5-7H,4H2,1-3H3,(H,10,12)/t6-,7?/m0/s1. The summed E-state index contributed by atoms with van der Waals surface area (Å²) in [5.74, 6) is -0.217. The van der Waals surface area contributed by atoms with Crippen molar-refractivity contribution in [1.29, 1.82) is 0 Å². The highest BCUT2D eigenvalue weighted by molar-refractivity contribution is 5.93. The van der Waals surface area contributed by atoms with Gasteiger partial charge in [0.25, 0.3) is 0 Å². The van der Waals surface area contributed by atoms with Crippen molar-refractivity contribution >= 4 is 11.7 Å². The van der Waals surface area contributed by atoms with Gasteiger partial charge in [0.15, 0.2) is 5.78 Å². The van der Waals surface area contributed by atoms with Crippen molar-refractivity contribution in [3.63, 3.8) is 0 Å². The molecule has 0 saturated carbocycles. The lowest BCUT2D eigenvalue weighted by Crippen LogP contribution is -2.42. The van der Waals surface area contributed by atoms with Crippen molar-refractivity contribution in [3.05, 3.63) is 0 Å². The fourth-order valence-electron chi connectivity index (χ4n) is 0.942. The SMILES string of the molecule is CC(C)C(=O)N[C@@H](C)C(=O)C1CO1. The molecule has 1 aliphatic rings. The van der Waals surface area contributed by atoms with E-state index in [1.807, 2.05) is 0 Å². The van der Waals surface area contributed by atoms with Crippen LogP contribution in [0, 0.1) is 5.92 Å². The molecule has 74 valence electrons. The molecule has 0 bridgehead atoms. The summed E-state index contributed by atoms with van der Waals surface area (Å²) in [5, 5.41) is 2.63. The predicted molar refractivity (Wildman–Crippen MR) is 47.2 cm³/mol. The maximum Gasteiger partial charge on any atom is 0.223 e. The maximum absolute atomic E-state index is 11.3. The first-order valence-electron chi connectivity index (χ1n) is 4.48. The zero-order valence-electron chi connectivity index (χ0n) is 8.16. The Labute approximate surface area is 77.6 Å². The molecule has 1 rings (SSSR count). The number of nitrogens with one attached hydrogen (secondary N) is 1. The van der Waals surface area contributed by atoms with Crippen LogP contribution in [0.3, 0.4) is 0 Å². The molecule has 2 atom stereocenters. The summed E-state index contributed by atoms with van der Waals surface area (Å²) < 4.78 is 4.83. The van der Waals surface area contributed by atoms with E-state index in [9.17, 15) is 9.59 Å². The minimum Gasteiger partial charge on any atom is -0.365 e. The van der Waals surface area contributed by atoms with E-state index in [0.717, 1.165) is 0 Å². The van der Waals surface area contributed by atoms with Crippen LogP contribution in [0.25, 0.3) is 0 Å². The Kier molecular flexibility index (Phi) is 3.03. The second kappa shape index (κ2) is 3.87. The van der Waals surface area contributed by atoms with Crippen molar-refractivity contribution in [2.45, 2.75) is 32.9 Å². The quantitative estimate of drug-likeness (QED) is 0.633. The van der Waals surface area contributed by atoms with Crippen molar-refractivity contribution in [1.82, 2.24) is 5.32 Å². The Morgan fingerprint density at radius 1 is 1.38 bits per heavy atom. The van der Waals surface area contributed by atoms with Gasteiger partial charge >= 0.3 is 0 Å². The zero-order valence-corrected chi connectivity index (χ0v) is 8.16. The summed E-state index contributed by atoms with van der Waals surface area (Å²) in [6, 6.07) is -0.428. The average Bonchev–Trinajstić information content (AvgIpc) is 2.85. The minimum absolute atomic E-state index is 0.0333. The number of hydrogen-bond donors (Lipinski definition) is 1. The van der Waals surface area contributed by atoms with Crippen LogP contribution in [0.2, 0.25) is 0 Å². The van der Waals surface area contributed by atoms with Crippen LogP contribution in [0.5, 0.6) is 0 Å². The number of Topliss-reactive ketones (excluding diaryl/α,β-unsaturated/α-hetero) is 1. The van der Waals surface area contributed by atoms with Crippen LogP contribution in [0.1, 0.15) is 20.8 Å². The van der Waals surface area contributed by atoms with E-state index in [4.69, 9.17) is 4.74 Å². The molecule has 1 N–H and O–H groups in total. The van der Waals surface area contributed by atoms with Gasteiger partial charge in [0.05, 0.1) is 12.6 Å². The number of carbonyl (C=O) groups is 2. The van der Waals surface area contributed by atoms with Crippen molar-refractivity contribution < 1.29 is 14.3 Å². The molecule has 4 heteroatoms. The summed E-state index contributed by atoms with van der Waals surface area (Å²) in [4.78, 5) is 22.5. The molecule has 1 heterocycles. The van der Waals surface area contributed by atoms with E-state index in [1.165, 1.54) is 0 Å². The number of carbonyl (C=O) groups excluding carboxylic acids is 2. The summed E-state index contributed by atoms with van der Waals surface area (Å²) in [6.07, 6.45) is -0.275. The highest BCUT2D eigenvalue weighted by Crippen LogP contribution is 2.12. The van der Waals surface area contributed by atoms with Crippen molar-refractivity contribution in [2.75, 3.05) is 6.61 Å². The van der Waals surface area contributed by atoms with Crippen LogP contribution in [0.15, 0.2) is 0 Å². The molecule has 0 spiro atoms. The second-order valence-electron chi connectivity index (χ2n) is 3.61. The average molecular weight is 185 g/mol. The number of hydrogen-bond acceptors (Lipinski definition) is 3. The summed E-state index contributed by atoms with van der Waals surface area (Å²) >= 11 is 0. The van der Waals surface area contributed by atoms with Gasteiger partial charge in [0, 0.05) is 5.92 Å². The lowest BCUT2D eigenvalue weighted by Gasteiger charge is -2.13. The first-order valence-corrected chi connectivity index (χ1v) is 4.48. The molecule has 0 aromatic carbocycles. The van der Waals surface area contributed by atoms with Crippen LogP contribution >= 0.6 is 0 Å². The van der Waals surface area contributed by atoms with Gasteiger partial charge in [-0.3, -0.25) is 9.59 Å². The molecule has 0 aromatic rings. The highest BCUT2D eigenvalue weighted by Gasteiger charge is 2.35. The van der Waals surface area contributed by atoms with Gasteiger partial charge in [-0.05, 0) is 6.92 Å². The third-order valence-corrected chi connectivity index (χ3v) is 1.96. The van der Waals surface area contributed by atoms with Crippen LogP contribution in [0.4, 0.5) is 0 Å². The molecule has 13 heavy (non-hydrogen) atoms. The molecule has 0 aromatic heterocycles. The van der Waals surface area contributed by atoms with E-state index >= 15 is 0 Å². The monoisotopic (exact) mass is 185 g/mol. The largest absolute Gasteiger partial charge is 0.365 e. The minimum atomic E-state index is -0.428. The van der Waals surface area contributed by atoms with Crippen LogP contribution in [-0.4, -0.2) is 30.4 Å². The topological polar surface area (TPSA) is 58.7 Å². The van der Waals surface area contributed by atoms with Gasteiger partial charge in [0.2, 0.25) is 5.91 Å². The van der Waals surface area contributed by atoms with E-state index in [-0.39, 0.29) is 23.7 Å². The molecule has 1 saturated heterocycles. The van der Waals surface area contributed by atoms with E-state index in [1.54, 1.807) is 20.8 Å². The number of amides is 1. The number of ketones is 1. The molecule has 1 unspecified atom stereocenters. The third-order valence-electron chi connectivity index (χ3n) is 1.96.